The Morgan fingerprint density at radius 2 is 1.86 bits per heavy atom. The molecule has 1 heterocycles. The number of hydrazine groups is 1. The monoisotopic (exact) mass is 297 g/mol. The molecule has 0 amide bonds. The number of thiazole rings is 1. The lowest BCUT2D eigenvalue weighted by molar-refractivity contribution is 0.522. The Kier molecular flexibility index (Phi) is 4.29. The van der Waals surface area contributed by atoms with Gasteiger partial charge >= 0.3 is 0 Å². The summed E-state index contributed by atoms with van der Waals surface area (Å²) in [6.07, 6.45) is 1.76. The van der Waals surface area contributed by atoms with Crippen LogP contribution in [0.3, 0.4) is 0 Å². The van der Waals surface area contributed by atoms with E-state index in [1.54, 1.807) is 11.3 Å². The zero-order valence-corrected chi connectivity index (χ0v) is 12.9. The molecule has 3 N–H and O–H groups in total. The molecule has 0 radical (unpaired) electrons. The number of rotatable bonds is 5. The van der Waals surface area contributed by atoms with E-state index in [4.69, 9.17) is 5.84 Å². The molecule has 1 unspecified atom stereocenters. The number of nitrogens with two attached hydrogens (primary N) is 1. The van der Waals surface area contributed by atoms with E-state index < -0.39 is 0 Å². The summed E-state index contributed by atoms with van der Waals surface area (Å²) < 4.78 is 1.23. The third-order valence-electron chi connectivity index (χ3n) is 3.60. The van der Waals surface area contributed by atoms with E-state index in [2.05, 4.69) is 59.8 Å². The van der Waals surface area contributed by atoms with Crippen LogP contribution >= 0.6 is 11.3 Å². The van der Waals surface area contributed by atoms with Crippen molar-refractivity contribution in [1.82, 2.24) is 10.4 Å². The molecule has 3 rings (SSSR count). The van der Waals surface area contributed by atoms with Crippen molar-refractivity contribution in [2.45, 2.75) is 25.8 Å². The molecule has 3 nitrogen and oxygen atoms in total. The Bertz CT molecular complexity index is 685. The number of hydrogen-bond acceptors (Lipinski definition) is 4. The quantitative estimate of drug-likeness (QED) is 0.561. The largest absolute Gasteiger partial charge is 0.271 e. The Balaban J connectivity index is 1.73. The number of aromatic nitrogens is 1. The highest BCUT2D eigenvalue weighted by molar-refractivity contribution is 7.18. The van der Waals surface area contributed by atoms with E-state index in [0.717, 1.165) is 23.4 Å². The van der Waals surface area contributed by atoms with Crippen molar-refractivity contribution in [3.63, 3.8) is 0 Å². The Morgan fingerprint density at radius 1 is 1.10 bits per heavy atom. The molecule has 0 fully saturated rings. The fourth-order valence-corrected chi connectivity index (χ4v) is 3.46. The minimum Gasteiger partial charge on any atom is -0.271 e. The molecule has 21 heavy (non-hydrogen) atoms. The first-order valence-corrected chi connectivity index (χ1v) is 7.92. The van der Waals surface area contributed by atoms with Gasteiger partial charge < -0.3 is 0 Å². The molecule has 4 heteroatoms. The number of hydrogen-bond donors (Lipinski definition) is 2. The van der Waals surface area contributed by atoms with Crippen LogP contribution < -0.4 is 11.3 Å². The van der Waals surface area contributed by atoms with Gasteiger partial charge in [0.1, 0.15) is 0 Å². The number of para-hydroxylation sites is 1. The molecular weight excluding hydrogens is 278 g/mol. The molecule has 0 aliphatic rings. The van der Waals surface area contributed by atoms with E-state index >= 15 is 0 Å². The highest BCUT2D eigenvalue weighted by Crippen LogP contribution is 2.23. The molecule has 1 atom stereocenters. The predicted molar refractivity (Wildman–Crippen MR) is 89.3 cm³/mol. The minimum absolute atomic E-state index is 0.202. The molecule has 3 aromatic rings. The van der Waals surface area contributed by atoms with Gasteiger partial charge in [-0.15, -0.1) is 11.3 Å². The number of nitrogens with zero attached hydrogens (tertiary/aromatic N) is 1. The Morgan fingerprint density at radius 3 is 2.57 bits per heavy atom. The second-order valence-corrected chi connectivity index (χ2v) is 6.45. The van der Waals surface area contributed by atoms with Crippen molar-refractivity contribution in [3.05, 3.63) is 64.7 Å². The first kappa shape index (κ1) is 14.2. The van der Waals surface area contributed by atoms with Crippen molar-refractivity contribution < 1.29 is 0 Å². The van der Waals surface area contributed by atoms with Gasteiger partial charge in [-0.05, 0) is 31.0 Å². The molecule has 0 aliphatic carbocycles. The summed E-state index contributed by atoms with van der Waals surface area (Å²) in [4.78, 5) is 4.68. The number of aryl methyl sites for hydroxylation is 1. The molecule has 0 saturated heterocycles. The van der Waals surface area contributed by atoms with Crippen LogP contribution in [0, 0.1) is 6.92 Å². The van der Waals surface area contributed by atoms with E-state index in [-0.39, 0.29) is 6.04 Å². The van der Waals surface area contributed by atoms with E-state index in [0.29, 0.717) is 0 Å². The highest BCUT2D eigenvalue weighted by atomic mass is 32.1. The summed E-state index contributed by atoms with van der Waals surface area (Å²) in [5, 5.41) is 1.13. The van der Waals surface area contributed by atoms with Gasteiger partial charge in [0.2, 0.25) is 0 Å². The van der Waals surface area contributed by atoms with Crippen molar-refractivity contribution in [2.24, 2.45) is 5.84 Å². The maximum atomic E-state index is 5.72. The summed E-state index contributed by atoms with van der Waals surface area (Å²) in [6, 6.07) is 17.1. The van der Waals surface area contributed by atoms with Crippen molar-refractivity contribution >= 4 is 21.6 Å². The van der Waals surface area contributed by atoms with Crippen LogP contribution in [0.4, 0.5) is 0 Å². The lowest BCUT2D eigenvalue weighted by atomic mass is 10.0. The molecular formula is C17H19N3S. The van der Waals surface area contributed by atoms with Crippen molar-refractivity contribution in [3.8, 4) is 0 Å². The topological polar surface area (TPSA) is 50.9 Å². The van der Waals surface area contributed by atoms with Crippen LogP contribution in [0.1, 0.15) is 16.1 Å². The molecule has 0 bridgehead atoms. The zero-order chi connectivity index (χ0) is 14.7. The van der Waals surface area contributed by atoms with E-state index in [1.807, 2.05) is 6.07 Å². The first-order valence-electron chi connectivity index (χ1n) is 7.11. The summed E-state index contributed by atoms with van der Waals surface area (Å²) in [5.41, 5.74) is 6.57. The summed E-state index contributed by atoms with van der Waals surface area (Å²) in [5.74, 6) is 5.72. The van der Waals surface area contributed by atoms with Gasteiger partial charge in [0.25, 0.3) is 0 Å². The van der Waals surface area contributed by atoms with E-state index in [1.165, 1.54) is 15.8 Å². The van der Waals surface area contributed by atoms with Crippen LogP contribution in [0.5, 0.6) is 0 Å². The molecule has 1 aromatic heterocycles. The van der Waals surface area contributed by atoms with Crippen molar-refractivity contribution in [1.29, 1.82) is 0 Å². The second-order valence-electron chi connectivity index (χ2n) is 5.33. The lowest BCUT2D eigenvalue weighted by Crippen LogP contribution is -2.38. The summed E-state index contributed by atoms with van der Waals surface area (Å²) in [7, 11) is 0. The maximum absolute atomic E-state index is 5.72. The normalized spacial score (nSPS) is 12.7. The van der Waals surface area contributed by atoms with Gasteiger partial charge in [-0.1, -0.05) is 42.0 Å². The van der Waals surface area contributed by atoms with Crippen LogP contribution in [0.2, 0.25) is 0 Å². The fourth-order valence-electron chi connectivity index (χ4n) is 2.42. The SMILES string of the molecule is Cc1ccc(CC(Cc2nc3ccccc3s2)NN)cc1. The highest BCUT2D eigenvalue weighted by Gasteiger charge is 2.12. The Hall–Kier alpha value is -1.75. The molecule has 0 spiro atoms. The fraction of sp³-hybridized carbons (Fsp3) is 0.235. The minimum atomic E-state index is 0.202. The molecule has 0 aliphatic heterocycles. The molecule has 0 saturated carbocycles. The number of fused-ring (bicyclic) bond motifs is 1. The summed E-state index contributed by atoms with van der Waals surface area (Å²) >= 11 is 1.75. The van der Waals surface area contributed by atoms with E-state index in [9.17, 15) is 0 Å². The average molecular weight is 297 g/mol. The molecule has 2 aromatic carbocycles. The van der Waals surface area contributed by atoms with Crippen molar-refractivity contribution in [2.75, 3.05) is 0 Å². The van der Waals surface area contributed by atoms with Gasteiger partial charge in [-0.2, -0.15) is 0 Å². The third kappa shape index (κ3) is 3.47. The standard InChI is InChI=1S/C17H19N3S/c1-12-6-8-13(9-7-12)10-14(20-18)11-17-19-15-4-2-3-5-16(15)21-17/h2-9,14,20H,10-11,18H2,1H3. The molecule has 108 valence electrons. The van der Waals surface area contributed by atoms with Crippen LogP contribution in [-0.4, -0.2) is 11.0 Å². The van der Waals surface area contributed by atoms with Gasteiger partial charge in [0, 0.05) is 12.5 Å². The predicted octanol–water partition coefficient (Wildman–Crippen LogP) is 3.22. The van der Waals surface area contributed by atoms with Gasteiger partial charge in [0.05, 0.1) is 15.2 Å². The summed E-state index contributed by atoms with van der Waals surface area (Å²) in [6.45, 7) is 2.10. The first-order chi connectivity index (χ1) is 10.2. The second kappa shape index (κ2) is 6.35. The van der Waals surface area contributed by atoms with Gasteiger partial charge in [-0.25, -0.2) is 4.98 Å². The Labute approximate surface area is 128 Å². The van der Waals surface area contributed by atoms with Gasteiger partial charge in [0.15, 0.2) is 0 Å². The third-order valence-corrected chi connectivity index (χ3v) is 4.66. The zero-order valence-electron chi connectivity index (χ0n) is 12.0. The van der Waals surface area contributed by atoms with Gasteiger partial charge in [-0.3, -0.25) is 11.3 Å². The average Bonchev–Trinajstić information content (AvgIpc) is 2.91. The number of benzene rings is 2. The maximum Gasteiger partial charge on any atom is 0.0954 e. The number of nitrogens with one attached hydrogen (secondary N) is 1. The van der Waals surface area contributed by atoms with Crippen LogP contribution in [0.15, 0.2) is 48.5 Å². The smallest absolute Gasteiger partial charge is 0.0954 e. The van der Waals surface area contributed by atoms with Crippen LogP contribution in [-0.2, 0) is 12.8 Å². The lowest BCUT2D eigenvalue weighted by Gasteiger charge is -2.14. The van der Waals surface area contributed by atoms with Crippen LogP contribution in [0.25, 0.3) is 10.2 Å².